The number of nitrogens with one attached hydrogen (secondary N) is 1. The lowest BCUT2D eigenvalue weighted by molar-refractivity contribution is 0.513. The molecule has 0 aromatic rings. The summed E-state index contributed by atoms with van der Waals surface area (Å²) in [6.45, 7) is 0. The molecule has 17 heavy (non-hydrogen) atoms. The second-order valence-corrected chi connectivity index (χ2v) is 8.59. The largest absolute Gasteiger partial charge is 0.316 e. The maximum atomic E-state index is 11.1. The Balaban J connectivity index is 2.21. The second-order valence-electron chi connectivity index (χ2n) is 5.00. The third kappa shape index (κ3) is 7.32. The predicted octanol–water partition coefficient (Wildman–Crippen LogP) is 2.07. The average Bonchev–Trinajstić information content (AvgIpc) is 2.29. The van der Waals surface area contributed by atoms with E-state index in [1.165, 1.54) is 38.4 Å². The van der Waals surface area contributed by atoms with Gasteiger partial charge in [0.1, 0.15) is 9.84 Å². The average molecular weight is 279 g/mol. The van der Waals surface area contributed by atoms with Crippen molar-refractivity contribution in [2.24, 2.45) is 0 Å². The van der Waals surface area contributed by atoms with Crippen molar-refractivity contribution in [2.45, 2.75) is 49.8 Å². The summed E-state index contributed by atoms with van der Waals surface area (Å²) in [5.74, 6) is 1.33. The molecule has 1 N–H and O–H groups in total. The number of hydrogen-bond acceptors (Lipinski definition) is 4. The van der Waals surface area contributed by atoms with Gasteiger partial charge >= 0.3 is 0 Å². The van der Waals surface area contributed by atoms with Gasteiger partial charge in [-0.1, -0.05) is 19.3 Å². The summed E-state index contributed by atoms with van der Waals surface area (Å²) in [7, 11) is -0.897. The van der Waals surface area contributed by atoms with Gasteiger partial charge in [-0.15, -0.1) is 0 Å². The second kappa shape index (κ2) is 7.64. The molecule has 0 aromatic carbocycles. The molecule has 102 valence electrons. The lowest BCUT2D eigenvalue weighted by Gasteiger charge is -2.23. The maximum Gasteiger partial charge on any atom is 0.147 e. The Morgan fingerprint density at radius 1 is 1.29 bits per heavy atom. The summed E-state index contributed by atoms with van der Waals surface area (Å²) in [5.41, 5.74) is 0. The van der Waals surface area contributed by atoms with E-state index in [2.05, 4.69) is 5.32 Å². The van der Waals surface area contributed by atoms with Crippen molar-refractivity contribution in [3.8, 4) is 0 Å². The Bertz CT molecular complexity index is 298. The zero-order chi connectivity index (χ0) is 12.7. The number of rotatable bonds is 7. The van der Waals surface area contributed by atoms with E-state index in [9.17, 15) is 8.42 Å². The fourth-order valence-corrected chi connectivity index (χ4v) is 4.37. The fraction of sp³-hybridized carbons (Fsp3) is 1.00. The monoisotopic (exact) mass is 279 g/mol. The van der Waals surface area contributed by atoms with Gasteiger partial charge in [-0.05, 0) is 26.3 Å². The minimum atomic E-state index is -2.82. The van der Waals surface area contributed by atoms with Crippen LogP contribution in [0.25, 0.3) is 0 Å². The van der Waals surface area contributed by atoms with Gasteiger partial charge in [0, 0.05) is 23.3 Å². The van der Waals surface area contributed by atoms with Gasteiger partial charge in [0.2, 0.25) is 0 Å². The van der Waals surface area contributed by atoms with Crippen LogP contribution in [0.2, 0.25) is 0 Å². The third-order valence-corrected chi connectivity index (χ3v) is 5.85. The molecule has 1 rings (SSSR count). The first kappa shape index (κ1) is 15.3. The lowest BCUT2D eigenvalue weighted by atomic mass is 10.0. The van der Waals surface area contributed by atoms with Gasteiger partial charge in [-0.2, -0.15) is 11.8 Å². The van der Waals surface area contributed by atoms with Crippen LogP contribution in [0.15, 0.2) is 0 Å². The standard InChI is InChI=1S/C12H25NO2S2/c1-13-11(8-9-17(2,14)15)10-16-12-6-4-3-5-7-12/h11-13H,3-10H2,1-2H3. The summed E-state index contributed by atoms with van der Waals surface area (Å²) in [4.78, 5) is 0. The van der Waals surface area contributed by atoms with Crippen LogP contribution in [0.5, 0.6) is 0 Å². The van der Waals surface area contributed by atoms with Crippen molar-refractivity contribution in [3.05, 3.63) is 0 Å². The van der Waals surface area contributed by atoms with E-state index in [4.69, 9.17) is 0 Å². The zero-order valence-electron chi connectivity index (χ0n) is 10.9. The first-order valence-electron chi connectivity index (χ1n) is 6.48. The Labute approximate surface area is 110 Å². The SMILES string of the molecule is CNC(CCS(C)(=O)=O)CSC1CCCCC1. The lowest BCUT2D eigenvalue weighted by Crippen LogP contribution is -2.31. The highest BCUT2D eigenvalue weighted by Gasteiger charge is 2.16. The molecule has 1 atom stereocenters. The third-order valence-electron chi connectivity index (χ3n) is 3.33. The first-order chi connectivity index (χ1) is 8.01. The summed E-state index contributed by atoms with van der Waals surface area (Å²) in [5, 5.41) is 4.03. The zero-order valence-corrected chi connectivity index (χ0v) is 12.6. The maximum absolute atomic E-state index is 11.1. The van der Waals surface area contributed by atoms with Crippen LogP contribution < -0.4 is 5.32 Å². The van der Waals surface area contributed by atoms with E-state index in [0.717, 1.165) is 17.4 Å². The summed E-state index contributed by atoms with van der Waals surface area (Å²) in [6.07, 6.45) is 8.85. The van der Waals surface area contributed by atoms with E-state index in [1.54, 1.807) is 0 Å². The van der Waals surface area contributed by atoms with E-state index in [1.807, 2.05) is 18.8 Å². The quantitative estimate of drug-likeness (QED) is 0.775. The minimum Gasteiger partial charge on any atom is -0.316 e. The van der Waals surface area contributed by atoms with Crippen molar-refractivity contribution in [3.63, 3.8) is 0 Å². The molecule has 1 aliphatic rings. The smallest absolute Gasteiger partial charge is 0.147 e. The Hall–Kier alpha value is 0.260. The molecule has 1 saturated carbocycles. The Morgan fingerprint density at radius 2 is 1.94 bits per heavy atom. The molecule has 0 aliphatic heterocycles. The van der Waals surface area contributed by atoms with Crippen LogP contribution in [-0.2, 0) is 9.84 Å². The van der Waals surface area contributed by atoms with Crippen LogP contribution in [-0.4, -0.2) is 44.5 Å². The molecule has 0 bridgehead atoms. The summed E-state index contributed by atoms with van der Waals surface area (Å²) in [6, 6.07) is 0.330. The van der Waals surface area contributed by atoms with Crippen molar-refractivity contribution in [2.75, 3.05) is 24.8 Å². The predicted molar refractivity (Wildman–Crippen MR) is 76.5 cm³/mol. The van der Waals surface area contributed by atoms with Gasteiger partial charge in [-0.3, -0.25) is 0 Å². The van der Waals surface area contributed by atoms with E-state index in [0.29, 0.717) is 11.8 Å². The van der Waals surface area contributed by atoms with Gasteiger partial charge in [0.15, 0.2) is 0 Å². The number of sulfone groups is 1. The van der Waals surface area contributed by atoms with E-state index in [-0.39, 0.29) is 0 Å². The normalized spacial score (nSPS) is 20.4. The molecule has 1 aliphatic carbocycles. The van der Waals surface area contributed by atoms with Gasteiger partial charge in [0.25, 0.3) is 0 Å². The minimum absolute atomic E-state index is 0.295. The Morgan fingerprint density at radius 3 is 2.47 bits per heavy atom. The molecule has 0 radical (unpaired) electrons. The van der Waals surface area contributed by atoms with E-state index < -0.39 is 9.84 Å². The molecule has 0 spiro atoms. The molecular formula is C12H25NO2S2. The van der Waals surface area contributed by atoms with Gasteiger partial charge in [0.05, 0.1) is 5.75 Å². The number of thioether (sulfide) groups is 1. The van der Waals surface area contributed by atoms with E-state index >= 15 is 0 Å². The van der Waals surface area contributed by atoms with Crippen molar-refractivity contribution < 1.29 is 8.42 Å². The molecule has 3 nitrogen and oxygen atoms in total. The number of hydrogen-bond donors (Lipinski definition) is 1. The topological polar surface area (TPSA) is 46.2 Å². The summed E-state index contributed by atoms with van der Waals surface area (Å²) >= 11 is 2.02. The molecule has 0 heterocycles. The molecule has 5 heteroatoms. The highest BCUT2D eigenvalue weighted by Crippen LogP contribution is 2.28. The molecule has 1 unspecified atom stereocenters. The van der Waals surface area contributed by atoms with Gasteiger partial charge < -0.3 is 5.32 Å². The van der Waals surface area contributed by atoms with Crippen LogP contribution in [0.4, 0.5) is 0 Å². The summed E-state index contributed by atoms with van der Waals surface area (Å²) < 4.78 is 22.2. The molecule has 0 saturated heterocycles. The molecule has 1 fully saturated rings. The van der Waals surface area contributed by atoms with Crippen LogP contribution in [0.1, 0.15) is 38.5 Å². The molecule has 0 aromatic heterocycles. The highest BCUT2D eigenvalue weighted by molar-refractivity contribution is 7.99. The van der Waals surface area contributed by atoms with Crippen molar-refractivity contribution in [1.29, 1.82) is 0 Å². The van der Waals surface area contributed by atoms with Crippen LogP contribution in [0, 0.1) is 0 Å². The first-order valence-corrected chi connectivity index (χ1v) is 9.59. The van der Waals surface area contributed by atoms with Crippen molar-refractivity contribution >= 4 is 21.6 Å². The molecule has 0 amide bonds. The van der Waals surface area contributed by atoms with Crippen molar-refractivity contribution in [1.82, 2.24) is 5.32 Å². The van der Waals surface area contributed by atoms with Crippen LogP contribution >= 0.6 is 11.8 Å². The fourth-order valence-electron chi connectivity index (χ4n) is 2.15. The highest BCUT2D eigenvalue weighted by atomic mass is 32.2. The van der Waals surface area contributed by atoms with Crippen LogP contribution in [0.3, 0.4) is 0 Å². The molecular weight excluding hydrogens is 254 g/mol. The Kier molecular flexibility index (Phi) is 6.89. The van der Waals surface area contributed by atoms with Gasteiger partial charge in [-0.25, -0.2) is 8.42 Å².